The van der Waals surface area contributed by atoms with E-state index < -0.39 is 0 Å². The van der Waals surface area contributed by atoms with Crippen LogP contribution in [0.15, 0.2) is 48.7 Å². The highest BCUT2D eigenvalue weighted by molar-refractivity contribution is 5.91. The number of rotatable bonds is 4. The monoisotopic (exact) mass is 352 g/mol. The number of hydrogen-bond donors (Lipinski definition) is 2. The van der Waals surface area contributed by atoms with Gasteiger partial charge in [-0.2, -0.15) is 0 Å². The number of amides is 3. The molecule has 1 aliphatic carbocycles. The van der Waals surface area contributed by atoms with Gasteiger partial charge in [-0.05, 0) is 23.1 Å². The molecule has 0 aliphatic heterocycles. The second-order valence-corrected chi connectivity index (χ2v) is 7.27. The van der Waals surface area contributed by atoms with Crippen LogP contribution in [0.2, 0.25) is 0 Å². The summed E-state index contributed by atoms with van der Waals surface area (Å²) in [4.78, 5) is 29.3. The van der Waals surface area contributed by atoms with E-state index in [9.17, 15) is 9.59 Å². The van der Waals surface area contributed by atoms with Crippen molar-refractivity contribution in [2.45, 2.75) is 32.7 Å². The zero-order valence-electron chi connectivity index (χ0n) is 15.5. The maximum Gasteiger partial charge on any atom is 0.319 e. The predicted octanol–water partition coefficient (Wildman–Crippen LogP) is 3.38. The quantitative estimate of drug-likeness (QED) is 0.886. The van der Waals surface area contributed by atoms with Gasteiger partial charge in [-0.25, -0.2) is 9.78 Å². The normalized spacial score (nSPS) is 20.2. The Morgan fingerprint density at radius 2 is 1.81 bits per heavy atom. The highest BCUT2D eigenvalue weighted by Gasteiger charge is 2.59. The third-order valence-corrected chi connectivity index (χ3v) is 5.09. The molecule has 0 radical (unpaired) electrons. The summed E-state index contributed by atoms with van der Waals surface area (Å²) in [6.07, 6.45) is 1.54. The topological polar surface area (TPSA) is 74.3 Å². The maximum absolute atomic E-state index is 12.3. The van der Waals surface area contributed by atoms with E-state index in [2.05, 4.69) is 41.6 Å². The van der Waals surface area contributed by atoms with Gasteiger partial charge >= 0.3 is 6.03 Å². The summed E-state index contributed by atoms with van der Waals surface area (Å²) in [5.74, 6) is 0.744. The largest absolute Gasteiger partial charge is 0.334 e. The SMILES string of the molecule is CC(=O)N(C)c1ccc(NC(=O)N[C@@H]2[C@@H](c3ccccc3)C2(C)C)cn1. The Labute approximate surface area is 153 Å². The number of carbonyl (C=O) groups is 2. The highest BCUT2D eigenvalue weighted by Crippen LogP contribution is 2.58. The van der Waals surface area contributed by atoms with Crippen molar-refractivity contribution in [3.63, 3.8) is 0 Å². The fourth-order valence-corrected chi connectivity index (χ4v) is 3.32. The molecular formula is C20H24N4O2. The lowest BCUT2D eigenvalue weighted by atomic mass is 10.0. The molecule has 1 heterocycles. The van der Waals surface area contributed by atoms with Crippen LogP contribution in [0, 0.1) is 5.41 Å². The maximum atomic E-state index is 12.3. The van der Waals surface area contributed by atoms with Gasteiger partial charge in [0.25, 0.3) is 0 Å². The molecule has 1 aliphatic rings. The summed E-state index contributed by atoms with van der Waals surface area (Å²) < 4.78 is 0. The molecule has 2 atom stereocenters. The van der Waals surface area contributed by atoms with Crippen molar-refractivity contribution < 1.29 is 9.59 Å². The van der Waals surface area contributed by atoms with E-state index in [4.69, 9.17) is 0 Å². The van der Waals surface area contributed by atoms with Crippen LogP contribution in [-0.2, 0) is 4.79 Å². The number of hydrogen-bond acceptors (Lipinski definition) is 3. The van der Waals surface area contributed by atoms with Crippen LogP contribution in [0.3, 0.4) is 0 Å². The zero-order chi connectivity index (χ0) is 18.9. The Hall–Kier alpha value is -2.89. The van der Waals surface area contributed by atoms with E-state index >= 15 is 0 Å². The van der Waals surface area contributed by atoms with Gasteiger partial charge in [0.1, 0.15) is 5.82 Å². The minimum atomic E-state index is -0.254. The predicted molar refractivity (Wildman–Crippen MR) is 102 cm³/mol. The van der Waals surface area contributed by atoms with Gasteiger partial charge in [0.2, 0.25) is 5.91 Å². The fraction of sp³-hybridized carbons (Fsp3) is 0.350. The van der Waals surface area contributed by atoms with Crippen LogP contribution in [0.1, 0.15) is 32.3 Å². The van der Waals surface area contributed by atoms with Crippen LogP contribution >= 0.6 is 0 Å². The van der Waals surface area contributed by atoms with E-state index in [1.807, 2.05) is 18.2 Å². The molecule has 1 fully saturated rings. The summed E-state index contributed by atoms with van der Waals surface area (Å²) in [7, 11) is 1.66. The second-order valence-electron chi connectivity index (χ2n) is 7.27. The first-order chi connectivity index (χ1) is 12.3. The van der Waals surface area contributed by atoms with Gasteiger partial charge in [-0.3, -0.25) is 4.79 Å². The molecule has 136 valence electrons. The molecule has 1 aromatic carbocycles. The molecule has 2 aromatic rings. The van der Waals surface area contributed by atoms with Crippen LogP contribution in [-0.4, -0.2) is 30.0 Å². The molecule has 1 saturated carbocycles. The molecular weight excluding hydrogens is 328 g/mol. The molecule has 1 aromatic heterocycles. The van der Waals surface area contributed by atoms with Gasteiger partial charge in [-0.1, -0.05) is 44.2 Å². The van der Waals surface area contributed by atoms with Crippen molar-refractivity contribution >= 4 is 23.4 Å². The van der Waals surface area contributed by atoms with Gasteiger partial charge in [-0.15, -0.1) is 0 Å². The zero-order valence-corrected chi connectivity index (χ0v) is 15.5. The third kappa shape index (κ3) is 3.54. The Balaban J connectivity index is 1.60. The fourth-order valence-electron chi connectivity index (χ4n) is 3.32. The number of carbonyl (C=O) groups excluding carboxylic acids is 2. The van der Waals surface area contributed by atoms with Crippen LogP contribution in [0.5, 0.6) is 0 Å². The molecule has 3 rings (SSSR count). The Morgan fingerprint density at radius 3 is 2.38 bits per heavy atom. The summed E-state index contributed by atoms with van der Waals surface area (Å²) in [6.45, 7) is 5.79. The van der Waals surface area contributed by atoms with Crippen molar-refractivity contribution in [2.75, 3.05) is 17.3 Å². The van der Waals surface area contributed by atoms with E-state index in [0.717, 1.165) is 0 Å². The van der Waals surface area contributed by atoms with Crippen molar-refractivity contribution in [1.29, 1.82) is 0 Å². The van der Waals surface area contributed by atoms with E-state index in [-0.39, 0.29) is 23.4 Å². The van der Waals surface area contributed by atoms with Crippen molar-refractivity contribution in [2.24, 2.45) is 5.41 Å². The van der Waals surface area contributed by atoms with Crippen LogP contribution in [0.25, 0.3) is 0 Å². The summed E-state index contributed by atoms with van der Waals surface area (Å²) >= 11 is 0. The lowest BCUT2D eigenvalue weighted by Gasteiger charge is -2.14. The minimum absolute atomic E-state index is 0.0188. The molecule has 2 N–H and O–H groups in total. The number of urea groups is 1. The first kappa shape index (κ1) is 17.9. The van der Waals surface area contributed by atoms with E-state index in [0.29, 0.717) is 17.4 Å². The average Bonchev–Trinajstić information content (AvgIpc) is 3.15. The molecule has 26 heavy (non-hydrogen) atoms. The van der Waals surface area contributed by atoms with Crippen LogP contribution < -0.4 is 15.5 Å². The molecule has 0 saturated heterocycles. The average molecular weight is 352 g/mol. The van der Waals surface area contributed by atoms with Crippen LogP contribution in [0.4, 0.5) is 16.3 Å². The first-order valence-corrected chi connectivity index (χ1v) is 8.63. The number of anilines is 2. The van der Waals surface area contributed by atoms with Gasteiger partial charge in [0, 0.05) is 25.9 Å². The molecule has 3 amide bonds. The van der Waals surface area contributed by atoms with Crippen molar-refractivity contribution in [3.8, 4) is 0 Å². The van der Waals surface area contributed by atoms with Crippen molar-refractivity contribution in [1.82, 2.24) is 10.3 Å². The van der Waals surface area contributed by atoms with E-state index in [1.54, 1.807) is 25.4 Å². The van der Waals surface area contributed by atoms with Gasteiger partial charge < -0.3 is 15.5 Å². The molecule has 0 spiro atoms. The Kier molecular flexibility index (Phi) is 4.68. The molecule has 6 heteroatoms. The second kappa shape index (κ2) is 6.78. The number of aromatic nitrogens is 1. The summed E-state index contributed by atoms with van der Waals surface area (Å²) in [6, 6.07) is 13.5. The molecule has 0 unspecified atom stereocenters. The number of nitrogens with one attached hydrogen (secondary N) is 2. The highest BCUT2D eigenvalue weighted by atomic mass is 16.2. The lowest BCUT2D eigenvalue weighted by molar-refractivity contribution is -0.116. The van der Waals surface area contributed by atoms with Crippen molar-refractivity contribution in [3.05, 3.63) is 54.2 Å². The smallest absolute Gasteiger partial charge is 0.319 e. The Bertz CT molecular complexity index is 802. The molecule has 6 nitrogen and oxygen atoms in total. The van der Waals surface area contributed by atoms with Gasteiger partial charge in [0.05, 0.1) is 11.9 Å². The Morgan fingerprint density at radius 1 is 1.12 bits per heavy atom. The molecule has 0 bridgehead atoms. The standard InChI is InChI=1S/C20H24N4O2/c1-13(25)24(4)16-11-10-15(12-21-16)22-19(26)23-18-17(20(18,2)3)14-8-6-5-7-9-14/h5-12,17-18H,1-4H3,(H2,22,23,26)/t17-,18-/m1/s1. The van der Waals surface area contributed by atoms with E-state index in [1.165, 1.54) is 17.4 Å². The summed E-state index contributed by atoms with van der Waals surface area (Å²) in [5.41, 5.74) is 1.84. The number of nitrogens with zero attached hydrogens (tertiary/aromatic N) is 2. The first-order valence-electron chi connectivity index (χ1n) is 8.63. The summed E-state index contributed by atoms with van der Waals surface area (Å²) in [5, 5.41) is 5.86. The lowest BCUT2D eigenvalue weighted by Crippen LogP contribution is -2.33. The number of pyridine rings is 1. The minimum Gasteiger partial charge on any atom is -0.334 e. The third-order valence-electron chi connectivity index (χ3n) is 5.09. The van der Waals surface area contributed by atoms with Gasteiger partial charge in [0.15, 0.2) is 0 Å². The number of benzene rings is 1.